The Kier molecular flexibility index (Phi) is 7.05. The van der Waals surface area contributed by atoms with Crippen LogP contribution in [0.25, 0.3) is 0 Å². The average molecular weight is 348 g/mol. The number of hydrogen-bond acceptors (Lipinski definition) is 4. The molecule has 9 heteroatoms. The summed E-state index contributed by atoms with van der Waals surface area (Å²) in [6.07, 6.45) is 0.894. The van der Waals surface area contributed by atoms with Crippen molar-refractivity contribution < 1.29 is 13.2 Å². The number of hydrogen-bond donors (Lipinski definition) is 2. The van der Waals surface area contributed by atoms with E-state index in [1.165, 1.54) is 6.07 Å². The molecular formula is C11H14Cl2F3N3S. The third kappa shape index (κ3) is 6.28. The van der Waals surface area contributed by atoms with Crippen LogP contribution in [0.1, 0.15) is 13.3 Å². The molecule has 0 saturated carbocycles. The summed E-state index contributed by atoms with van der Waals surface area (Å²) in [6.45, 7) is 2.79. The molecule has 1 aromatic heterocycles. The summed E-state index contributed by atoms with van der Waals surface area (Å²) in [4.78, 5) is 4.17. The molecule has 0 bridgehead atoms. The third-order valence-electron chi connectivity index (χ3n) is 2.13. The van der Waals surface area contributed by atoms with Gasteiger partial charge >= 0.3 is 5.51 Å². The fourth-order valence-electron chi connectivity index (χ4n) is 1.29. The molecule has 0 aliphatic carbocycles. The molecular weight excluding hydrogens is 334 g/mol. The molecule has 0 fully saturated rings. The quantitative estimate of drug-likeness (QED) is 0.689. The van der Waals surface area contributed by atoms with E-state index in [0.29, 0.717) is 23.2 Å². The van der Waals surface area contributed by atoms with Crippen LogP contribution < -0.4 is 10.6 Å². The third-order valence-corrected chi connectivity index (χ3v) is 3.44. The number of rotatable bonds is 7. The fourth-order valence-corrected chi connectivity index (χ4v) is 2.22. The first-order chi connectivity index (χ1) is 9.33. The molecule has 0 aliphatic heterocycles. The van der Waals surface area contributed by atoms with Crippen LogP contribution in [0.2, 0.25) is 10.0 Å². The number of pyridine rings is 1. The molecule has 0 saturated heterocycles. The zero-order valence-corrected chi connectivity index (χ0v) is 13.0. The van der Waals surface area contributed by atoms with Gasteiger partial charge in [0, 0.05) is 18.8 Å². The minimum Gasteiger partial charge on any atom is -0.369 e. The normalized spacial score (nSPS) is 11.5. The van der Waals surface area contributed by atoms with Crippen molar-refractivity contribution in [2.24, 2.45) is 0 Å². The topological polar surface area (TPSA) is 37.0 Å². The van der Waals surface area contributed by atoms with Crippen LogP contribution in [0.4, 0.5) is 24.8 Å². The van der Waals surface area contributed by atoms with Gasteiger partial charge in [0.15, 0.2) is 0 Å². The summed E-state index contributed by atoms with van der Waals surface area (Å²) < 4.78 is 35.9. The van der Waals surface area contributed by atoms with E-state index in [1.807, 2.05) is 6.92 Å². The first-order valence-electron chi connectivity index (χ1n) is 5.88. The molecule has 3 nitrogen and oxygen atoms in total. The number of anilines is 2. The van der Waals surface area contributed by atoms with E-state index in [9.17, 15) is 13.2 Å². The van der Waals surface area contributed by atoms with Gasteiger partial charge < -0.3 is 10.6 Å². The van der Waals surface area contributed by atoms with Gasteiger partial charge in [0.05, 0.1) is 10.0 Å². The highest BCUT2D eigenvalue weighted by molar-refractivity contribution is 8.00. The monoisotopic (exact) mass is 347 g/mol. The number of halogens is 5. The maximum Gasteiger partial charge on any atom is 0.441 e. The van der Waals surface area contributed by atoms with Gasteiger partial charge in [0.1, 0.15) is 11.6 Å². The van der Waals surface area contributed by atoms with Crippen molar-refractivity contribution in [2.75, 3.05) is 29.5 Å². The Balaban J connectivity index is 2.60. The lowest BCUT2D eigenvalue weighted by Crippen LogP contribution is -2.11. The highest BCUT2D eigenvalue weighted by atomic mass is 35.5. The lowest BCUT2D eigenvalue weighted by Gasteiger charge is -2.12. The highest BCUT2D eigenvalue weighted by Crippen LogP contribution is 2.31. The maximum atomic E-state index is 12.0. The predicted octanol–water partition coefficient (Wildman–Crippen LogP) is 4.88. The molecule has 0 aromatic carbocycles. The Hall–Kier alpha value is -0.530. The van der Waals surface area contributed by atoms with Gasteiger partial charge in [-0.1, -0.05) is 30.1 Å². The summed E-state index contributed by atoms with van der Waals surface area (Å²) in [5.74, 6) is 0.656. The summed E-state index contributed by atoms with van der Waals surface area (Å²) >= 11 is 11.8. The van der Waals surface area contributed by atoms with Gasteiger partial charge in [0.2, 0.25) is 0 Å². The largest absolute Gasteiger partial charge is 0.441 e. The smallest absolute Gasteiger partial charge is 0.369 e. The van der Waals surface area contributed by atoms with E-state index in [1.54, 1.807) is 0 Å². The van der Waals surface area contributed by atoms with Crippen molar-refractivity contribution in [2.45, 2.75) is 18.9 Å². The minimum atomic E-state index is -4.23. The van der Waals surface area contributed by atoms with Gasteiger partial charge in [-0.25, -0.2) is 4.98 Å². The van der Waals surface area contributed by atoms with Gasteiger partial charge in [-0.05, 0) is 24.2 Å². The molecule has 0 unspecified atom stereocenters. The molecule has 1 rings (SSSR count). The van der Waals surface area contributed by atoms with E-state index in [2.05, 4.69) is 15.6 Å². The minimum absolute atomic E-state index is 0.0951. The summed E-state index contributed by atoms with van der Waals surface area (Å²) in [6, 6.07) is 1.51. The molecule has 0 aliphatic rings. The number of nitrogens with zero attached hydrogens (tertiary/aromatic N) is 1. The van der Waals surface area contributed by atoms with E-state index in [-0.39, 0.29) is 29.1 Å². The second kappa shape index (κ2) is 8.05. The zero-order chi connectivity index (χ0) is 15.2. The summed E-state index contributed by atoms with van der Waals surface area (Å²) in [5, 5.41) is 6.43. The zero-order valence-electron chi connectivity index (χ0n) is 10.7. The van der Waals surface area contributed by atoms with Crippen LogP contribution in [-0.4, -0.2) is 29.3 Å². The molecule has 114 valence electrons. The standard InChI is InChI=1S/C11H14Cl2F3N3S/c1-2-3-17-9-7(12)6-8(13)10(19-9)18-4-5-20-11(14,15)16/h6H,2-5H2,1H3,(H2,17,18,19). The lowest BCUT2D eigenvalue weighted by atomic mass is 10.4. The van der Waals surface area contributed by atoms with Crippen molar-refractivity contribution in [1.82, 2.24) is 4.98 Å². The van der Waals surface area contributed by atoms with E-state index < -0.39 is 5.51 Å². The van der Waals surface area contributed by atoms with Crippen molar-refractivity contribution in [3.63, 3.8) is 0 Å². The molecule has 1 aromatic rings. The number of thioether (sulfide) groups is 1. The molecule has 0 amide bonds. The molecule has 0 atom stereocenters. The number of aromatic nitrogens is 1. The van der Waals surface area contributed by atoms with E-state index in [4.69, 9.17) is 23.2 Å². The van der Waals surface area contributed by atoms with Gasteiger partial charge in [-0.2, -0.15) is 13.2 Å². The molecule has 1 heterocycles. The molecule has 0 radical (unpaired) electrons. The van der Waals surface area contributed by atoms with Crippen molar-refractivity contribution in [1.29, 1.82) is 0 Å². The van der Waals surface area contributed by atoms with Crippen LogP contribution in [0.3, 0.4) is 0 Å². The first-order valence-corrected chi connectivity index (χ1v) is 7.62. The second-order valence-corrected chi connectivity index (χ2v) is 5.77. The Bertz CT molecular complexity index is 444. The Morgan fingerprint density at radius 2 is 1.70 bits per heavy atom. The van der Waals surface area contributed by atoms with Crippen molar-refractivity contribution in [3.05, 3.63) is 16.1 Å². The van der Waals surface area contributed by atoms with Crippen LogP contribution in [0.15, 0.2) is 6.07 Å². The van der Waals surface area contributed by atoms with Crippen LogP contribution in [0, 0.1) is 0 Å². The van der Waals surface area contributed by atoms with Gasteiger partial charge in [-0.3, -0.25) is 0 Å². The molecule has 2 N–H and O–H groups in total. The highest BCUT2D eigenvalue weighted by Gasteiger charge is 2.27. The predicted molar refractivity (Wildman–Crippen MR) is 80.0 cm³/mol. The van der Waals surface area contributed by atoms with E-state index in [0.717, 1.165) is 6.42 Å². The average Bonchev–Trinajstić information content (AvgIpc) is 2.34. The summed E-state index contributed by atoms with van der Waals surface area (Å²) in [7, 11) is 0. The number of alkyl halides is 3. The Morgan fingerprint density at radius 1 is 1.15 bits per heavy atom. The maximum absolute atomic E-state index is 12.0. The van der Waals surface area contributed by atoms with Gasteiger partial charge in [0.25, 0.3) is 0 Å². The van der Waals surface area contributed by atoms with Gasteiger partial charge in [-0.15, -0.1) is 0 Å². The van der Waals surface area contributed by atoms with E-state index >= 15 is 0 Å². The van der Waals surface area contributed by atoms with Crippen molar-refractivity contribution in [3.8, 4) is 0 Å². The SMILES string of the molecule is CCCNc1nc(NCCSC(F)(F)F)c(Cl)cc1Cl. The Labute approximate surface area is 129 Å². The van der Waals surface area contributed by atoms with Crippen LogP contribution in [-0.2, 0) is 0 Å². The number of nitrogens with one attached hydrogen (secondary N) is 2. The summed E-state index contributed by atoms with van der Waals surface area (Å²) in [5.41, 5.74) is -4.23. The molecule has 0 spiro atoms. The second-order valence-electron chi connectivity index (χ2n) is 3.80. The lowest BCUT2D eigenvalue weighted by molar-refractivity contribution is -0.0327. The fraction of sp³-hybridized carbons (Fsp3) is 0.545. The van der Waals surface area contributed by atoms with Crippen molar-refractivity contribution >= 4 is 46.6 Å². The molecule has 20 heavy (non-hydrogen) atoms. The van der Waals surface area contributed by atoms with Crippen LogP contribution in [0.5, 0.6) is 0 Å². The van der Waals surface area contributed by atoms with Crippen LogP contribution >= 0.6 is 35.0 Å². The first kappa shape index (κ1) is 17.5. The Morgan fingerprint density at radius 3 is 2.20 bits per heavy atom.